The number of Topliss-reactive ketones (excluding diaryl/α,β-unsaturated/α-hetero) is 1. The Bertz CT molecular complexity index is 1340. The molecule has 1 N–H and O–H groups in total. The van der Waals surface area contributed by atoms with Crippen molar-refractivity contribution in [1.29, 1.82) is 0 Å². The molecule has 0 aliphatic rings. The Labute approximate surface area is 238 Å². The minimum Gasteiger partial charge on any atom is -0.347 e. The van der Waals surface area contributed by atoms with Crippen LogP contribution in [0.1, 0.15) is 52.7 Å². The molecule has 0 fully saturated rings. The van der Waals surface area contributed by atoms with Gasteiger partial charge in [-0.1, -0.05) is 48.9 Å². The minimum atomic E-state index is -5.10. The van der Waals surface area contributed by atoms with E-state index in [0.717, 1.165) is 43.5 Å². The molecule has 230 valence electrons. The molecular weight excluding hydrogens is 611 g/mol. The first-order valence-corrected chi connectivity index (χ1v) is 12.3. The van der Waals surface area contributed by atoms with E-state index in [2.05, 4.69) is 4.84 Å². The van der Waals surface area contributed by atoms with Gasteiger partial charge in [-0.3, -0.25) is 9.59 Å². The quantitative estimate of drug-likeness (QED) is 0.155. The van der Waals surface area contributed by atoms with Crippen LogP contribution in [-0.2, 0) is 15.8 Å². The molecule has 0 heterocycles. The van der Waals surface area contributed by atoms with E-state index in [1.165, 1.54) is 6.92 Å². The normalized spacial score (nSPS) is 14.0. The number of amides is 1. The Hall–Kier alpha value is -3.62. The van der Waals surface area contributed by atoms with Gasteiger partial charge in [0.05, 0.1) is 16.4 Å². The Morgan fingerprint density at radius 1 is 1.02 bits per heavy atom. The van der Waals surface area contributed by atoms with Gasteiger partial charge in [-0.2, -0.15) is 39.5 Å². The largest absolute Gasteiger partial charge is 0.417 e. The average Bonchev–Trinajstić information content (AvgIpc) is 2.88. The number of halogens is 10. The SMILES string of the molecule is CO[N+](=O)c1cc(C(/C=C/c2ccc(C(=O)CC[C@H](C)C(=O)NCC(F)(F)F)c(C(F)(F)F)c2)C(F)(F)F)ccc1Cl. The van der Waals surface area contributed by atoms with E-state index in [1.54, 1.807) is 5.32 Å². The lowest BCUT2D eigenvalue weighted by Crippen LogP contribution is -2.37. The highest BCUT2D eigenvalue weighted by molar-refractivity contribution is 6.32. The third kappa shape index (κ3) is 9.74. The first kappa shape index (κ1) is 34.6. The van der Waals surface area contributed by atoms with Gasteiger partial charge in [-0.15, -0.1) is 0 Å². The van der Waals surface area contributed by atoms with Crippen molar-refractivity contribution in [2.24, 2.45) is 5.92 Å². The van der Waals surface area contributed by atoms with Crippen molar-refractivity contribution in [3.8, 4) is 0 Å². The van der Waals surface area contributed by atoms with Crippen LogP contribution in [0.5, 0.6) is 0 Å². The molecule has 1 unspecified atom stereocenters. The summed E-state index contributed by atoms with van der Waals surface area (Å²) in [6.07, 6.45) is -14.4. The molecule has 0 saturated carbocycles. The van der Waals surface area contributed by atoms with Crippen molar-refractivity contribution in [3.63, 3.8) is 0 Å². The number of benzene rings is 2. The second kappa shape index (κ2) is 13.6. The molecule has 0 spiro atoms. The molecule has 0 aliphatic heterocycles. The molecule has 42 heavy (non-hydrogen) atoms. The van der Waals surface area contributed by atoms with Crippen LogP contribution in [0.2, 0.25) is 5.02 Å². The monoisotopic (exact) mass is 633 g/mol. The second-order valence-electron chi connectivity index (χ2n) is 9.03. The Kier molecular flexibility index (Phi) is 11.2. The molecule has 6 nitrogen and oxygen atoms in total. The van der Waals surface area contributed by atoms with Crippen LogP contribution in [-0.4, -0.2) is 42.6 Å². The van der Waals surface area contributed by atoms with Gasteiger partial charge in [0.15, 0.2) is 12.9 Å². The predicted molar refractivity (Wildman–Crippen MR) is 133 cm³/mol. The zero-order valence-corrected chi connectivity index (χ0v) is 22.5. The summed E-state index contributed by atoms with van der Waals surface area (Å²) in [5.74, 6) is -5.62. The lowest BCUT2D eigenvalue weighted by atomic mass is 9.93. The van der Waals surface area contributed by atoms with Gasteiger partial charge in [0.2, 0.25) is 5.91 Å². The second-order valence-corrected chi connectivity index (χ2v) is 9.43. The van der Waals surface area contributed by atoms with Crippen molar-refractivity contribution >= 4 is 35.1 Å². The van der Waals surface area contributed by atoms with Gasteiger partial charge in [0.25, 0.3) is 4.92 Å². The summed E-state index contributed by atoms with van der Waals surface area (Å²) in [6.45, 7) is -0.419. The molecular formula is C26H23ClF9N2O4+. The molecule has 0 aliphatic carbocycles. The van der Waals surface area contributed by atoms with E-state index in [0.29, 0.717) is 12.1 Å². The third-order valence-electron chi connectivity index (χ3n) is 5.89. The fraction of sp³-hybridized carbons (Fsp3) is 0.385. The third-order valence-corrected chi connectivity index (χ3v) is 6.21. The van der Waals surface area contributed by atoms with Gasteiger partial charge in [-0.05, 0) is 29.7 Å². The zero-order chi connectivity index (χ0) is 32.0. The molecule has 0 radical (unpaired) electrons. The molecule has 0 saturated heterocycles. The summed E-state index contributed by atoms with van der Waals surface area (Å²) in [5.41, 5.74) is -3.53. The summed E-state index contributed by atoms with van der Waals surface area (Å²) in [6, 6.07) is 5.01. The molecule has 2 aromatic carbocycles. The lowest BCUT2D eigenvalue weighted by molar-refractivity contribution is -0.736. The molecule has 16 heteroatoms. The number of allylic oxidation sites excluding steroid dienone is 1. The van der Waals surface area contributed by atoms with Crippen molar-refractivity contribution < 1.29 is 58.9 Å². The van der Waals surface area contributed by atoms with Crippen molar-refractivity contribution in [3.05, 3.63) is 74.7 Å². The summed E-state index contributed by atoms with van der Waals surface area (Å²) < 4.78 is 120. The summed E-state index contributed by atoms with van der Waals surface area (Å²) >= 11 is 5.83. The fourth-order valence-corrected chi connectivity index (χ4v) is 3.88. The molecule has 2 rings (SSSR count). The average molecular weight is 634 g/mol. The number of alkyl halides is 9. The molecule has 0 bridgehead atoms. The minimum absolute atomic E-state index is 0.121. The Balaban J connectivity index is 2.33. The maximum atomic E-state index is 13.9. The van der Waals surface area contributed by atoms with Crippen LogP contribution < -0.4 is 5.32 Å². The molecule has 2 aromatic rings. The van der Waals surface area contributed by atoms with Gasteiger partial charge in [0.1, 0.15) is 11.6 Å². The predicted octanol–water partition coefficient (Wildman–Crippen LogP) is 7.97. The van der Waals surface area contributed by atoms with Crippen LogP contribution in [0.4, 0.5) is 45.2 Å². The van der Waals surface area contributed by atoms with Crippen LogP contribution in [0.3, 0.4) is 0 Å². The first-order chi connectivity index (χ1) is 19.2. The Morgan fingerprint density at radius 2 is 1.67 bits per heavy atom. The fourth-order valence-electron chi connectivity index (χ4n) is 3.70. The molecule has 1 amide bonds. The van der Waals surface area contributed by atoms with Gasteiger partial charge in [0, 0.05) is 24.0 Å². The van der Waals surface area contributed by atoms with Crippen molar-refractivity contribution in [2.75, 3.05) is 13.7 Å². The summed E-state index contributed by atoms with van der Waals surface area (Å²) in [7, 11) is 0.958. The Morgan fingerprint density at radius 3 is 2.21 bits per heavy atom. The molecule has 2 atom stereocenters. The zero-order valence-electron chi connectivity index (χ0n) is 21.8. The maximum Gasteiger partial charge on any atom is 0.417 e. The van der Waals surface area contributed by atoms with Crippen molar-refractivity contribution in [2.45, 2.75) is 44.2 Å². The standard InChI is InChI=1S/C26H22ClF9N2O4/c1-14(23(40)37-13-24(28,29)30)3-10-22(39)17-7-4-15(11-19(17)26(34,35)36)5-8-18(25(31,32)33)16-6-9-20(27)21(12-16)38(41)42-2/h4-9,11-12,14,18H,3,10,13H2,1-2H3/p+1/b8-5+/t14-,18?/m0/s1. The smallest absolute Gasteiger partial charge is 0.347 e. The van der Waals surface area contributed by atoms with E-state index < -0.39 is 77.4 Å². The molecule has 0 aromatic heterocycles. The van der Waals surface area contributed by atoms with E-state index in [9.17, 15) is 54.0 Å². The summed E-state index contributed by atoms with van der Waals surface area (Å²) in [4.78, 5) is 40.4. The number of hydrogen-bond acceptors (Lipinski definition) is 4. The lowest BCUT2D eigenvalue weighted by Gasteiger charge is -2.18. The van der Waals surface area contributed by atoms with Crippen LogP contribution in [0, 0.1) is 10.8 Å². The highest BCUT2D eigenvalue weighted by atomic mass is 35.5. The van der Waals surface area contributed by atoms with Gasteiger partial charge < -0.3 is 5.32 Å². The van der Waals surface area contributed by atoms with E-state index in [1.807, 2.05) is 0 Å². The number of nitrogens with zero attached hydrogens (tertiary/aromatic N) is 1. The van der Waals surface area contributed by atoms with Gasteiger partial charge >= 0.3 is 24.2 Å². The number of ketones is 1. The number of carbonyl (C=O) groups excluding carboxylic acids is 2. The first-order valence-electron chi connectivity index (χ1n) is 11.9. The highest BCUT2D eigenvalue weighted by Crippen LogP contribution is 2.40. The maximum absolute atomic E-state index is 13.9. The van der Waals surface area contributed by atoms with Crippen molar-refractivity contribution in [1.82, 2.24) is 5.32 Å². The number of carbonyl (C=O) groups is 2. The van der Waals surface area contributed by atoms with Crippen LogP contribution >= 0.6 is 11.6 Å². The number of nitrogens with one attached hydrogen (secondary N) is 1. The number of rotatable bonds is 11. The van der Waals surface area contributed by atoms with Gasteiger partial charge in [-0.25, -0.2) is 4.84 Å². The highest BCUT2D eigenvalue weighted by Gasteiger charge is 2.40. The number of hydrogen-bond donors (Lipinski definition) is 1. The van der Waals surface area contributed by atoms with Crippen LogP contribution in [0.15, 0.2) is 42.5 Å². The van der Waals surface area contributed by atoms with E-state index in [4.69, 9.17) is 11.6 Å². The van der Waals surface area contributed by atoms with Crippen LogP contribution in [0.25, 0.3) is 6.08 Å². The van der Waals surface area contributed by atoms with E-state index >= 15 is 0 Å². The van der Waals surface area contributed by atoms with E-state index in [-0.39, 0.29) is 21.9 Å². The summed E-state index contributed by atoms with van der Waals surface area (Å²) in [5, 5.41) is 1.40. The topological polar surface area (TPSA) is 75.5 Å².